The molecule has 2 aromatic heterocycles. The third kappa shape index (κ3) is 3.78. The van der Waals surface area contributed by atoms with Crippen LogP contribution in [0.15, 0.2) is 67.0 Å². The normalized spacial score (nSPS) is 11.2. The van der Waals surface area contributed by atoms with E-state index in [-0.39, 0.29) is 17.3 Å². The number of halogens is 2. The van der Waals surface area contributed by atoms with Crippen molar-refractivity contribution >= 4 is 28.7 Å². The van der Waals surface area contributed by atoms with Gasteiger partial charge in [0.05, 0.1) is 16.6 Å². The molecule has 0 atom stereocenters. The summed E-state index contributed by atoms with van der Waals surface area (Å²) in [6.07, 6.45) is 6.36. The lowest BCUT2D eigenvalue weighted by Gasteiger charge is -2.01. The number of fused-ring (bicyclic) bond motifs is 1. The van der Waals surface area contributed by atoms with Gasteiger partial charge in [0.15, 0.2) is 0 Å². The molecule has 0 spiro atoms. The maximum absolute atomic E-state index is 14.0. The van der Waals surface area contributed by atoms with Crippen LogP contribution in [0.4, 0.5) is 14.5 Å². The number of carbonyl (C=O) groups is 1. The van der Waals surface area contributed by atoms with Gasteiger partial charge in [-0.05, 0) is 54.1 Å². The highest BCUT2D eigenvalue weighted by Crippen LogP contribution is 2.25. The summed E-state index contributed by atoms with van der Waals surface area (Å²) in [6, 6.07) is 11.9. The molecule has 0 unspecified atom stereocenters. The Kier molecular flexibility index (Phi) is 4.63. The van der Waals surface area contributed by atoms with E-state index in [0.29, 0.717) is 16.7 Å². The van der Waals surface area contributed by atoms with E-state index in [1.54, 1.807) is 42.7 Å². The third-order valence-corrected chi connectivity index (χ3v) is 4.04. The first-order valence-corrected chi connectivity index (χ1v) is 8.43. The van der Waals surface area contributed by atoms with Gasteiger partial charge in [0.2, 0.25) is 5.91 Å². The van der Waals surface area contributed by atoms with E-state index < -0.39 is 11.6 Å². The first kappa shape index (κ1) is 17.5. The number of carbonyl (C=O) groups excluding carboxylic acids is 1. The number of hydrogen-bond donors (Lipinski definition) is 2. The highest BCUT2D eigenvalue weighted by Gasteiger charge is 2.12. The predicted octanol–water partition coefficient (Wildman–Crippen LogP) is 4.56. The number of anilines is 1. The molecular formula is C21H14F2N4O. The number of benzene rings is 2. The standard InChI is InChI=1S/C21H14F2N4O/c22-14-4-6-17(23)16(10-14)21-26-18-7-5-15(11-19(18)27-21)25-20(28)8-3-13-2-1-9-24-12-13/h1-12H,(H,25,28)(H,26,27)/b8-3+. The molecule has 2 N–H and O–H groups in total. The van der Waals surface area contributed by atoms with Gasteiger partial charge < -0.3 is 10.3 Å². The van der Waals surface area contributed by atoms with E-state index in [0.717, 1.165) is 23.8 Å². The van der Waals surface area contributed by atoms with Crippen molar-refractivity contribution in [2.75, 3.05) is 5.32 Å². The summed E-state index contributed by atoms with van der Waals surface area (Å²) in [5.41, 5.74) is 2.56. The quantitative estimate of drug-likeness (QED) is 0.513. The lowest BCUT2D eigenvalue weighted by molar-refractivity contribution is -0.111. The van der Waals surface area contributed by atoms with Crippen molar-refractivity contribution < 1.29 is 13.6 Å². The highest BCUT2D eigenvalue weighted by atomic mass is 19.1. The fourth-order valence-electron chi connectivity index (χ4n) is 2.72. The van der Waals surface area contributed by atoms with E-state index in [1.165, 1.54) is 6.08 Å². The SMILES string of the molecule is O=C(/C=C/c1cccnc1)Nc1ccc2nc(-c3cc(F)ccc3F)[nH]c2c1. The number of hydrogen-bond acceptors (Lipinski definition) is 3. The number of amides is 1. The topological polar surface area (TPSA) is 70.7 Å². The smallest absolute Gasteiger partial charge is 0.248 e. The van der Waals surface area contributed by atoms with Gasteiger partial charge in [-0.2, -0.15) is 0 Å². The summed E-state index contributed by atoms with van der Waals surface area (Å²) in [5, 5.41) is 2.75. The Bertz CT molecular complexity index is 1190. The van der Waals surface area contributed by atoms with Crippen molar-refractivity contribution in [3.63, 3.8) is 0 Å². The average molecular weight is 376 g/mol. The molecule has 7 heteroatoms. The first-order valence-electron chi connectivity index (χ1n) is 8.43. The van der Waals surface area contributed by atoms with Crippen molar-refractivity contribution in [1.82, 2.24) is 15.0 Å². The van der Waals surface area contributed by atoms with Gasteiger partial charge >= 0.3 is 0 Å². The highest BCUT2D eigenvalue weighted by molar-refractivity contribution is 6.02. The summed E-state index contributed by atoms with van der Waals surface area (Å²) >= 11 is 0. The van der Waals surface area contributed by atoms with Gasteiger partial charge in [-0.15, -0.1) is 0 Å². The number of aromatic nitrogens is 3. The van der Waals surface area contributed by atoms with Gasteiger partial charge in [0.25, 0.3) is 0 Å². The molecule has 2 aromatic carbocycles. The summed E-state index contributed by atoms with van der Waals surface area (Å²) in [4.78, 5) is 23.3. The second kappa shape index (κ2) is 7.40. The molecule has 0 bridgehead atoms. The van der Waals surface area contributed by atoms with Crippen LogP contribution >= 0.6 is 0 Å². The van der Waals surface area contributed by atoms with Crippen LogP contribution in [0.1, 0.15) is 5.56 Å². The molecule has 5 nitrogen and oxygen atoms in total. The Labute approximate surface area is 158 Å². The maximum Gasteiger partial charge on any atom is 0.248 e. The third-order valence-electron chi connectivity index (χ3n) is 4.04. The number of pyridine rings is 1. The van der Waals surface area contributed by atoms with Crippen molar-refractivity contribution in [2.45, 2.75) is 0 Å². The number of aromatic amines is 1. The Morgan fingerprint density at radius 1 is 1.11 bits per heavy atom. The Hall–Kier alpha value is -3.87. The number of imidazole rings is 1. The molecule has 4 aromatic rings. The Morgan fingerprint density at radius 2 is 2.00 bits per heavy atom. The van der Waals surface area contributed by atoms with Gasteiger partial charge in [-0.1, -0.05) is 6.07 Å². The molecule has 138 valence electrons. The first-order chi connectivity index (χ1) is 13.6. The lowest BCUT2D eigenvalue weighted by Crippen LogP contribution is -2.07. The molecule has 0 saturated carbocycles. The summed E-state index contributed by atoms with van der Waals surface area (Å²) in [5.74, 6) is -1.22. The van der Waals surface area contributed by atoms with Crippen LogP contribution in [0.2, 0.25) is 0 Å². The van der Waals surface area contributed by atoms with E-state index in [9.17, 15) is 13.6 Å². The molecule has 2 heterocycles. The van der Waals surface area contributed by atoms with Gasteiger partial charge in [-0.3, -0.25) is 9.78 Å². The number of nitrogens with zero attached hydrogens (tertiary/aromatic N) is 2. The minimum absolute atomic E-state index is 0.0428. The van der Waals surface area contributed by atoms with Crippen LogP contribution < -0.4 is 5.32 Å². The minimum atomic E-state index is -0.575. The van der Waals surface area contributed by atoms with Crippen LogP contribution in [0.3, 0.4) is 0 Å². The molecule has 0 radical (unpaired) electrons. The molecule has 0 aliphatic heterocycles. The second-order valence-electron chi connectivity index (χ2n) is 6.05. The molecule has 4 rings (SSSR count). The molecule has 28 heavy (non-hydrogen) atoms. The molecule has 0 aliphatic carbocycles. The predicted molar refractivity (Wildman–Crippen MR) is 103 cm³/mol. The molecule has 0 aliphatic rings. The van der Waals surface area contributed by atoms with Crippen molar-refractivity contribution in [2.24, 2.45) is 0 Å². The Balaban J connectivity index is 1.56. The van der Waals surface area contributed by atoms with Crippen LogP contribution in [-0.4, -0.2) is 20.9 Å². The lowest BCUT2D eigenvalue weighted by atomic mass is 10.2. The Morgan fingerprint density at radius 3 is 2.82 bits per heavy atom. The molecule has 0 saturated heterocycles. The van der Waals surface area contributed by atoms with Crippen molar-refractivity contribution in [1.29, 1.82) is 0 Å². The van der Waals surface area contributed by atoms with Crippen LogP contribution in [-0.2, 0) is 4.79 Å². The van der Waals surface area contributed by atoms with E-state index in [2.05, 4.69) is 20.3 Å². The van der Waals surface area contributed by atoms with Crippen LogP contribution in [0.25, 0.3) is 28.5 Å². The van der Waals surface area contributed by atoms with E-state index in [4.69, 9.17) is 0 Å². The average Bonchev–Trinajstić information content (AvgIpc) is 3.12. The summed E-state index contributed by atoms with van der Waals surface area (Å²) < 4.78 is 27.4. The fourth-order valence-corrected chi connectivity index (χ4v) is 2.72. The number of H-pyrrole nitrogens is 1. The summed E-state index contributed by atoms with van der Waals surface area (Å²) in [7, 11) is 0. The largest absolute Gasteiger partial charge is 0.338 e. The fraction of sp³-hybridized carbons (Fsp3) is 0. The summed E-state index contributed by atoms with van der Waals surface area (Å²) in [6.45, 7) is 0. The van der Waals surface area contributed by atoms with Gasteiger partial charge in [0, 0.05) is 24.2 Å². The number of rotatable bonds is 4. The van der Waals surface area contributed by atoms with E-state index >= 15 is 0 Å². The zero-order chi connectivity index (χ0) is 19.5. The maximum atomic E-state index is 14.0. The van der Waals surface area contributed by atoms with Gasteiger partial charge in [-0.25, -0.2) is 13.8 Å². The minimum Gasteiger partial charge on any atom is -0.338 e. The second-order valence-corrected chi connectivity index (χ2v) is 6.05. The zero-order valence-corrected chi connectivity index (χ0v) is 14.5. The monoisotopic (exact) mass is 376 g/mol. The van der Waals surface area contributed by atoms with Crippen molar-refractivity contribution in [3.05, 3.63) is 84.2 Å². The van der Waals surface area contributed by atoms with Crippen molar-refractivity contribution in [3.8, 4) is 11.4 Å². The van der Waals surface area contributed by atoms with Crippen LogP contribution in [0.5, 0.6) is 0 Å². The van der Waals surface area contributed by atoms with E-state index in [1.807, 2.05) is 6.07 Å². The van der Waals surface area contributed by atoms with Gasteiger partial charge in [0.1, 0.15) is 17.5 Å². The molecule has 0 fully saturated rings. The number of nitrogens with one attached hydrogen (secondary N) is 2. The molecule has 1 amide bonds. The zero-order valence-electron chi connectivity index (χ0n) is 14.5. The molecular weight excluding hydrogens is 362 g/mol. The van der Waals surface area contributed by atoms with Crippen LogP contribution in [0, 0.1) is 11.6 Å².